The van der Waals surface area contributed by atoms with Gasteiger partial charge in [0, 0.05) is 5.38 Å². The molecule has 0 radical (unpaired) electrons. The standard InChI is InChI=1S/C14H16N2O6S2/c1-14(2,20)9(17)8-7(13(19)22-4)16-11(24-8)10-15-6(5-23-10)12(18)21-3/h5,9,17,20H,1-4H3. The lowest BCUT2D eigenvalue weighted by molar-refractivity contribution is -0.0483. The molecule has 0 aromatic carbocycles. The van der Waals surface area contributed by atoms with E-state index in [2.05, 4.69) is 19.4 Å². The third-order valence-electron chi connectivity index (χ3n) is 3.03. The summed E-state index contributed by atoms with van der Waals surface area (Å²) in [6.45, 7) is 2.83. The summed E-state index contributed by atoms with van der Waals surface area (Å²) in [5, 5.41) is 22.5. The van der Waals surface area contributed by atoms with Gasteiger partial charge in [0.2, 0.25) is 0 Å². The molecule has 1 unspecified atom stereocenters. The first-order valence-electron chi connectivity index (χ1n) is 6.72. The molecule has 0 aliphatic carbocycles. The van der Waals surface area contributed by atoms with Gasteiger partial charge in [0.05, 0.1) is 24.7 Å². The first-order valence-corrected chi connectivity index (χ1v) is 8.42. The molecule has 0 spiro atoms. The normalized spacial score (nSPS) is 12.8. The molecule has 0 fully saturated rings. The molecule has 24 heavy (non-hydrogen) atoms. The minimum Gasteiger partial charge on any atom is -0.464 e. The Labute approximate surface area is 145 Å². The van der Waals surface area contributed by atoms with E-state index < -0.39 is 23.6 Å². The summed E-state index contributed by atoms with van der Waals surface area (Å²) in [6, 6.07) is 0. The van der Waals surface area contributed by atoms with Crippen molar-refractivity contribution < 1.29 is 29.3 Å². The quantitative estimate of drug-likeness (QED) is 0.761. The van der Waals surface area contributed by atoms with Crippen molar-refractivity contribution in [2.75, 3.05) is 14.2 Å². The van der Waals surface area contributed by atoms with Crippen molar-refractivity contribution in [1.82, 2.24) is 9.97 Å². The van der Waals surface area contributed by atoms with Crippen LogP contribution in [0.25, 0.3) is 10.0 Å². The average molecular weight is 372 g/mol. The fourth-order valence-electron chi connectivity index (χ4n) is 1.74. The molecule has 2 N–H and O–H groups in total. The molecule has 10 heteroatoms. The van der Waals surface area contributed by atoms with Crippen molar-refractivity contribution in [2.24, 2.45) is 0 Å². The van der Waals surface area contributed by atoms with Gasteiger partial charge in [-0.05, 0) is 13.8 Å². The van der Waals surface area contributed by atoms with Gasteiger partial charge < -0.3 is 19.7 Å². The highest BCUT2D eigenvalue weighted by atomic mass is 32.1. The zero-order chi connectivity index (χ0) is 18.1. The Morgan fingerprint density at radius 2 is 1.79 bits per heavy atom. The van der Waals surface area contributed by atoms with Crippen LogP contribution in [0.1, 0.15) is 45.8 Å². The Morgan fingerprint density at radius 1 is 1.17 bits per heavy atom. The predicted molar refractivity (Wildman–Crippen MR) is 87.2 cm³/mol. The fraction of sp³-hybridized carbons (Fsp3) is 0.429. The Kier molecular flexibility index (Phi) is 5.33. The van der Waals surface area contributed by atoms with Crippen LogP contribution in [0.15, 0.2) is 5.38 Å². The van der Waals surface area contributed by atoms with Gasteiger partial charge in [-0.15, -0.1) is 22.7 Å². The summed E-state index contributed by atoms with van der Waals surface area (Å²) in [6.07, 6.45) is -1.34. The van der Waals surface area contributed by atoms with Gasteiger partial charge in [0.1, 0.15) is 6.10 Å². The molecule has 8 nitrogen and oxygen atoms in total. The van der Waals surface area contributed by atoms with Crippen molar-refractivity contribution in [2.45, 2.75) is 25.6 Å². The van der Waals surface area contributed by atoms with Crippen molar-refractivity contribution in [1.29, 1.82) is 0 Å². The molecule has 2 aromatic rings. The minimum absolute atomic E-state index is 0.0954. The summed E-state index contributed by atoms with van der Waals surface area (Å²) >= 11 is 2.14. The van der Waals surface area contributed by atoms with Crippen molar-refractivity contribution in [3.8, 4) is 10.0 Å². The SMILES string of the molecule is COC(=O)c1csc(-c2nc(C(=O)OC)c(C(O)C(C)(C)O)s2)n1. The molecule has 1 atom stereocenters. The third-order valence-corrected chi connectivity index (χ3v) is 5.12. The number of nitrogens with zero attached hydrogens (tertiary/aromatic N) is 2. The fourth-order valence-corrected chi connectivity index (χ4v) is 3.79. The molecule has 0 aliphatic rings. The summed E-state index contributed by atoms with van der Waals surface area (Å²) in [7, 11) is 2.44. The number of carbonyl (C=O) groups is 2. The number of ether oxygens (including phenoxy) is 2. The highest BCUT2D eigenvalue weighted by Gasteiger charge is 2.34. The van der Waals surface area contributed by atoms with E-state index >= 15 is 0 Å². The van der Waals surface area contributed by atoms with E-state index in [0.29, 0.717) is 10.0 Å². The number of carbonyl (C=O) groups excluding carboxylic acids is 2. The number of aliphatic hydroxyl groups is 2. The molecule has 2 rings (SSSR count). The lowest BCUT2D eigenvalue weighted by Crippen LogP contribution is -2.29. The van der Waals surface area contributed by atoms with Crippen LogP contribution in [-0.2, 0) is 9.47 Å². The molecule has 0 aliphatic heterocycles. The summed E-state index contributed by atoms with van der Waals surface area (Å²) in [5.74, 6) is -1.32. The minimum atomic E-state index is -1.48. The third kappa shape index (κ3) is 3.61. The zero-order valence-corrected chi connectivity index (χ0v) is 15.0. The van der Waals surface area contributed by atoms with E-state index in [0.717, 1.165) is 22.7 Å². The molecular formula is C14H16N2O6S2. The second-order valence-corrected chi connectivity index (χ2v) is 7.20. The number of hydrogen-bond acceptors (Lipinski definition) is 10. The maximum atomic E-state index is 11.9. The van der Waals surface area contributed by atoms with Gasteiger partial charge in [-0.25, -0.2) is 19.6 Å². The first-order chi connectivity index (χ1) is 11.2. The lowest BCUT2D eigenvalue weighted by Gasteiger charge is -2.23. The topological polar surface area (TPSA) is 119 Å². The second kappa shape index (κ2) is 6.93. The van der Waals surface area contributed by atoms with Gasteiger partial charge in [-0.3, -0.25) is 0 Å². The number of aromatic nitrogens is 2. The summed E-state index contributed by atoms with van der Waals surface area (Å²) in [5.41, 5.74) is -1.45. The molecule has 2 heterocycles. The Hall–Kier alpha value is -1.88. The summed E-state index contributed by atoms with van der Waals surface area (Å²) in [4.78, 5) is 31.8. The van der Waals surface area contributed by atoms with Crippen LogP contribution in [0, 0.1) is 0 Å². The average Bonchev–Trinajstić information content (AvgIpc) is 3.18. The Bertz CT molecular complexity index is 762. The molecule has 0 saturated heterocycles. The zero-order valence-electron chi connectivity index (χ0n) is 13.4. The van der Waals surface area contributed by atoms with Gasteiger partial charge >= 0.3 is 11.9 Å². The van der Waals surface area contributed by atoms with Crippen LogP contribution >= 0.6 is 22.7 Å². The van der Waals surface area contributed by atoms with Crippen molar-refractivity contribution in [3.63, 3.8) is 0 Å². The van der Waals surface area contributed by atoms with Crippen LogP contribution in [0.5, 0.6) is 0 Å². The molecule has 2 aromatic heterocycles. The van der Waals surface area contributed by atoms with E-state index in [-0.39, 0.29) is 16.3 Å². The number of thiazole rings is 2. The van der Waals surface area contributed by atoms with Crippen molar-refractivity contribution in [3.05, 3.63) is 21.6 Å². The number of methoxy groups -OCH3 is 2. The maximum Gasteiger partial charge on any atom is 0.357 e. The van der Waals surface area contributed by atoms with Crippen LogP contribution < -0.4 is 0 Å². The number of rotatable bonds is 5. The van der Waals surface area contributed by atoms with E-state index in [9.17, 15) is 19.8 Å². The van der Waals surface area contributed by atoms with Crippen LogP contribution in [0.3, 0.4) is 0 Å². The van der Waals surface area contributed by atoms with Crippen LogP contribution in [-0.4, -0.2) is 51.9 Å². The van der Waals surface area contributed by atoms with Crippen LogP contribution in [0.4, 0.5) is 0 Å². The smallest absolute Gasteiger partial charge is 0.357 e. The first kappa shape index (κ1) is 18.5. The van der Waals surface area contributed by atoms with Gasteiger partial charge in [-0.2, -0.15) is 0 Å². The molecule has 0 saturated carbocycles. The number of esters is 2. The van der Waals surface area contributed by atoms with Gasteiger partial charge in [0.15, 0.2) is 21.4 Å². The van der Waals surface area contributed by atoms with E-state index in [1.807, 2.05) is 0 Å². The molecular weight excluding hydrogens is 356 g/mol. The molecule has 0 amide bonds. The van der Waals surface area contributed by atoms with E-state index in [1.165, 1.54) is 33.4 Å². The molecule has 130 valence electrons. The maximum absolute atomic E-state index is 11.9. The number of aliphatic hydroxyl groups excluding tert-OH is 1. The Balaban J connectivity index is 2.49. The summed E-state index contributed by atoms with van der Waals surface area (Å²) < 4.78 is 9.27. The predicted octanol–water partition coefficient (Wildman–Crippen LogP) is 1.64. The largest absolute Gasteiger partial charge is 0.464 e. The molecule has 0 bridgehead atoms. The van der Waals surface area contributed by atoms with E-state index in [1.54, 1.807) is 0 Å². The number of hydrogen-bond donors (Lipinski definition) is 2. The second-order valence-electron chi connectivity index (χ2n) is 5.31. The lowest BCUT2D eigenvalue weighted by atomic mass is 10.00. The van der Waals surface area contributed by atoms with E-state index in [4.69, 9.17) is 0 Å². The Morgan fingerprint density at radius 3 is 2.33 bits per heavy atom. The van der Waals surface area contributed by atoms with Gasteiger partial charge in [0.25, 0.3) is 0 Å². The van der Waals surface area contributed by atoms with Gasteiger partial charge in [-0.1, -0.05) is 0 Å². The monoisotopic (exact) mass is 372 g/mol. The van der Waals surface area contributed by atoms with Crippen LogP contribution in [0.2, 0.25) is 0 Å². The highest BCUT2D eigenvalue weighted by Crippen LogP contribution is 2.37. The highest BCUT2D eigenvalue weighted by molar-refractivity contribution is 7.21. The van der Waals surface area contributed by atoms with Crippen molar-refractivity contribution >= 4 is 34.6 Å².